The molecule has 7 heteroatoms. The van der Waals surface area contributed by atoms with E-state index in [2.05, 4.69) is 21.8 Å². The molecule has 1 aromatic heterocycles. The third kappa shape index (κ3) is 6.04. The van der Waals surface area contributed by atoms with Gasteiger partial charge in [0.15, 0.2) is 0 Å². The first-order valence-electron chi connectivity index (χ1n) is 11.9. The molecule has 0 saturated heterocycles. The number of hydrogen-bond donors (Lipinski definition) is 2. The number of aromatic carboxylic acids is 1. The predicted octanol–water partition coefficient (Wildman–Crippen LogP) is 5.15. The Morgan fingerprint density at radius 2 is 1.91 bits per heavy atom. The molecule has 0 radical (unpaired) electrons. The highest BCUT2D eigenvalue weighted by Gasteiger charge is 2.23. The molecule has 0 atom stereocenters. The third-order valence-corrected chi connectivity index (χ3v) is 6.07. The second-order valence-electron chi connectivity index (χ2n) is 8.80. The monoisotopic (exact) mass is 461 g/mol. The van der Waals surface area contributed by atoms with Gasteiger partial charge in [-0.25, -0.2) is 14.6 Å². The van der Waals surface area contributed by atoms with Crippen molar-refractivity contribution in [2.75, 3.05) is 11.9 Å². The van der Waals surface area contributed by atoms with Crippen LogP contribution in [0.2, 0.25) is 0 Å². The smallest absolute Gasteiger partial charge is 0.338 e. The second kappa shape index (κ2) is 11.0. The van der Waals surface area contributed by atoms with Crippen molar-refractivity contribution in [3.63, 3.8) is 0 Å². The van der Waals surface area contributed by atoms with E-state index in [4.69, 9.17) is 4.74 Å². The molecule has 1 saturated carbocycles. The highest BCUT2D eigenvalue weighted by atomic mass is 16.5. The zero-order valence-electron chi connectivity index (χ0n) is 19.5. The average molecular weight is 462 g/mol. The Balaban J connectivity index is 1.48. The van der Waals surface area contributed by atoms with Crippen LogP contribution < -0.4 is 5.32 Å². The van der Waals surface area contributed by atoms with Crippen molar-refractivity contribution >= 4 is 17.6 Å². The highest BCUT2D eigenvalue weighted by molar-refractivity contribution is 5.94. The van der Waals surface area contributed by atoms with Crippen LogP contribution in [0, 0.1) is 5.92 Å². The van der Waals surface area contributed by atoms with Crippen LogP contribution in [0.25, 0.3) is 0 Å². The quantitative estimate of drug-likeness (QED) is 0.362. The molecule has 1 fully saturated rings. The number of rotatable bonds is 12. The summed E-state index contributed by atoms with van der Waals surface area (Å²) in [7, 11) is 0. The summed E-state index contributed by atoms with van der Waals surface area (Å²) in [6.45, 7) is 3.74. The topological polar surface area (TPSA) is 93.5 Å². The summed E-state index contributed by atoms with van der Waals surface area (Å²) in [6.07, 6.45) is 7.13. The molecule has 0 amide bonds. The molecule has 178 valence electrons. The molecule has 1 heterocycles. The van der Waals surface area contributed by atoms with Crippen molar-refractivity contribution in [1.82, 2.24) is 9.55 Å². The molecule has 0 unspecified atom stereocenters. The minimum Gasteiger partial charge on any atom is -0.478 e. The van der Waals surface area contributed by atoms with E-state index in [9.17, 15) is 14.7 Å². The van der Waals surface area contributed by atoms with Crippen LogP contribution in [0.15, 0.2) is 54.7 Å². The van der Waals surface area contributed by atoms with Gasteiger partial charge in [0, 0.05) is 18.7 Å². The molecule has 0 bridgehead atoms. The number of anilines is 1. The number of carboxylic acids is 1. The summed E-state index contributed by atoms with van der Waals surface area (Å²) in [5.74, 6) is 0.307. The number of ether oxygens (including phenoxy) is 1. The fraction of sp³-hybridized carbons (Fsp3) is 0.370. The lowest BCUT2D eigenvalue weighted by atomic mass is 10.1. The molecule has 0 spiro atoms. The number of aromatic nitrogens is 2. The largest absolute Gasteiger partial charge is 0.478 e. The Hall–Kier alpha value is -3.61. The summed E-state index contributed by atoms with van der Waals surface area (Å²) in [5.41, 5.74) is 3.41. The van der Waals surface area contributed by atoms with Gasteiger partial charge in [0.2, 0.25) is 0 Å². The van der Waals surface area contributed by atoms with Gasteiger partial charge in [-0.3, -0.25) is 0 Å². The minimum atomic E-state index is -0.962. The Labute approximate surface area is 199 Å². The van der Waals surface area contributed by atoms with Gasteiger partial charge < -0.3 is 19.7 Å². The lowest BCUT2D eigenvalue weighted by Gasteiger charge is -2.15. The number of benzene rings is 2. The van der Waals surface area contributed by atoms with Crippen LogP contribution in [0.3, 0.4) is 0 Å². The maximum absolute atomic E-state index is 12.2. The summed E-state index contributed by atoms with van der Waals surface area (Å²) in [4.78, 5) is 28.4. The van der Waals surface area contributed by atoms with E-state index < -0.39 is 5.97 Å². The van der Waals surface area contributed by atoms with E-state index >= 15 is 0 Å². The van der Waals surface area contributed by atoms with Gasteiger partial charge in [-0.1, -0.05) is 37.6 Å². The number of imidazole rings is 1. The minimum absolute atomic E-state index is 0.240. The fourth-order valence-electron chi connectivity index (χ4n) is 3.82. The first-order chi connectivity index (χ1) is 16.5. The van der Waals surface area contributed by atoms with Crippen molar-refractivity contribution in [1.29, 1.82) is 0 Å². The van der Waals surface area contributed by atoms with Crippen molar-refractivity contribution in [3.05, 3.63) is 82.9 Å². The molecule has 0 aliphatic heterocycles. The second-order valence-corrected chi connectivity index (χ2v) is 8.80. The molecule has 3 aromatic rings. The van der Waals surface area contributed by atoms with Crippen LogP contribution in [-0.4, -0.2) is 33.2 Å². The maximum atomic E-state index is 12.2. The number of carbonyl (C=O) groups is 2. The molecule has 7 nitrogen and oxygen atoms in total. The molecule has 4 rings (SSSR count). The number of aryl methyl sites for hydroxylation is 1. The first kappa shape index (κ1) is 23.5. The standard InChI is InChI=1S/C27H31N3O4/c1-2-3-8-25-29-16-22(15-28-24-7-5-4-6-23(24)26(31)32)30(25)17-19-11-13-21(14-12-19)27(33)34-18-20-9-10-20/h4-7,11-14,16,20,28H,2-3,8-10,15,17-18H2,1H3,(H,31,32). The molecule has 1 aliphatic rings. The van der Waals surface area contributed by atoms with E-state index in [1.54, 1.807) is 18.2 Å². The molecule has 2 aromatic carbocycles. The lowest BCUT2D eigenvalue weighted by molar-refractivity contribution is 0.0485. The predicted molar refractivity (Wildman–Crippen MR) is 130 cm³/mol. The molecule has 1 aliphatic carbocycles. The maximum Gasteiger partial charge on any atom is 0.338 e. The zero-order valence-corrected chi connectivity index (χ0v) is 19.5. The van der Waals surface area contributed by atoms with Gasteiger partial charge in [0.1, 0.15) is 5.82 Å². The summed E-state index contributed by atoms with van der Waals surface area (Å²) in [5, 5.41) is 12.7. The van der Waals surface area contributed by atoms with Crippen LogP contribution in [0.5, 0.6) is 0 Å². The van der Waals surface area contributed by atoms with Crippen LogP contribution in [0.4, 0.5) is 5.69 Å². The SMILES string of the molecule is CCCCc1ncc(CNc2ccccc2C(=O)O)n1Cc1ccc(C(=O)OCC2CC2)cc1. The number of nitrogens with one attached hydrogen (secondary N) is 1. The van der Waals surface area contributed by atoms with Crippen molar-refractivity contribution in [2.24, 2.45) is 5.92 Å². The molecular formula is C27H31N3O4. The van der Waals surface area contributed by atoms with Crippen molar-refractivity contribution in [3.8, 4) is 0 Å². The number of esters is 1. The average Bonchev–Trinajstić information content (AvgIpc) is 3.61. The summed E-state index contributed by atoms with van der Waals surface area (Å²) < 4.78 is 7.55. The van der Waals surface area contributed by atoms with Crippen molar-refractivity contribution < 1.29 is 19.4 Å². The number of hydrogen-bond acceptors (Lipinski definition) is 5. The van der Waals surface area contributed by atoms with Gasteiger partial charge in [-0.2, -0.15) is 0 Å². The van der Waals surface area contributed by atoms with E-state index in [-0.39, 0.29) is 11.5 Å². The summed E-state index contributed by atoms with van der Waals surface area (Å²) in [6, 6.07) is 14.4. The normalized spacial score (nSPS) is 13.0. The van der Waals surface area contributed by atoms with Crippen LogP contribution in [-0.2, 0) is 24.2 Å². The number of para-hydroxylation sites is 1. The zero-order chi connectivity index (χ0) is 23.9. The van der Waals surface area contributed by atoms with Crippen LogP contribution in [0.1, 0.15) is 70.4 Å². The third-order valence-electron chi connectivity index (χ3n) is 6.07. The van der Waals surface area contributed by atoms with Crippen molar-refractivity contribution in [2.45, 2.75) is 52.1 Å². The summed E-state index contributed by atoms with van der Waals surface area (Å²) >= 11 is 0. The molecular weight excluding hydrogens is 430 g/mol. The molecule has 34 heavy (non-hydrogen) atoms. The Kier molecular flexibility index (Phi) is 7.62. The number of carbonyl (C=O) groups excluding carboxylic acids is 1. The van der Waals surface area contributed by atoms with Crippen LogP contribution >= 0.6 is 0 Å². The Morgan fingerprint density at radius 3 is 2.62 bits per heavy atom. The molecule has 2 N–H and O–H groups in total. The van der Waals surface area contributed by atoms with Gasteiger partial charge in [-0.15, -0.1) is 0 Å². The van der Waals surface area contributed by atoms with E-state index in [0.29, 0.717) is 36.9 Å². The lowest BCUT2D eigenvalue weighted by Crippen LogP contribution is -2.13. The van der Waals surface area contributed by atoms with Gasteiger partial charge >= 0.3 is 11.9 Å². The van der Waals surface area contributed by atoms with E-state index in [1.165, 1.54) is 0 Å². The van der Waals surface area contributed by atoms with E-state index in [1.807, 2.05) is 36.5 Å². The fourth-order valence-corrected chi connectivity index (χ4v) is 3.82. The van der Waals surface area contributed by atoms with Gasteiger partial charge in [-0.05, 0) is 55.0 Å². The van der Waals surface area contributed by atoms with E-state index in [0.717, 1.165) is 49.2 Å². The van der Waals surface area contributed by atoms with Gasteiger partial charge in [0.25, 0.3) is 0 Å². The Bertz CT molecular complexity index is 1130. The number of nitrogens with zero attached hydrogens (tertiary/aromatic N) is 2. The number of carboxylic acid groups (broad SMARTS) is 1. The van der Waals surface area contributed by atoms with Gasteiger partial charge in [0.05, 0.1) is 36.2 Å². The Morgan fingerprint density at radius 1 is 1.15 bits per heavy atom. The number of unbranched alkanes of at least 4 members (excludes halogenated alkanes) is 1. The highest BCUT2D eigenvalue weighted by Crippen LogP contribution is 2.29. The first-order valence-corrected chi connectivity index (χ1v) is 11.9.